The van der Waals surface area contributed by atoms with Crippen LogP contribution in [0.25, 0.3) is 10.9 Å². The Kier molecular flexibility index (Phi) is 3.74. The number of rotatable bonds is 5. The fourth-order valence-corrected chi connectivity index (χ4v) is 1.64. The van der Waals surface area contributed by atoms with E-state index >= 15 is 0 Å². The molecular weight excluding hydrogens is 234 g/mol. The predicted octanol–water partition coefficient (Wildman–Crippen LogP) is 1.69. The minimum atomic E-state index is -0.976. The van der Waals surface area contributed by atoms with Gasteiger partial charge in [0.05, 0.1) is 17.7 Å². The van der Waals surface area contributed by atoms with E-state index < -0.39 is 5.97 Å². The molecule has 94 valence electrons. The summed E-state index contributed by atoms with van der Waals surface area (Å²) in [5.41, 5.74) is 0.804. The zero-order valence-corrected chi connectivity index (χ0v) is 9.67. The average Bonchev–Trinajstić information content (AvgIpc) is 2.38. The van der Waals surface area contributed by atoms with Crippen LogP contribution < -0.4 is 4.74 Å². The number of ether oxygens (including phenoxy) is 1. The second-order valence-electron chi connectivity index (χ2n) is 3.75. The summed E-state index contributed by atoms with van der Waals surface area (Å²) in [6.07, 6.45) is 0.537. The molecular formula is C13H13NO4. The maximum Gasteiger partial charge on any atom is 0.336 e. The summed E-state index contributed by atoms with van der Waals surface area (Å²) in [6.45, 7) is 0.449. The normalized spacial score (nSPS) is 10.5. The number of hydrogen-bond acceptors (Lipinski definition) is 4. The van der Waals surface area contributed by atoms with Crippen LogP contribution in [0.2, 0.25) is 0 Å². The molecule has 2 N–H and O–H groups in total. The van der Waals surface area contributed by atoms with Crippen LogP contribution in [0.5, 0.6) is 5.88 Å². The molecule has 0 radical (unpaired) electrons. The Balaban J connectivity index is 2.32. The summed E-state index contributed by atoms with van der Waals surface area (Å²) in [5, 5.41) is 18.3. The first kappa shape index (κ1) is 12.3. The Morgan fingerprint density at radius 1 is 1.28 bits per heavy atom. The molecule has 0 saturated heterocycles. The van der Waals surface area contributed by atoms with E-state index in [9.17, 15) is 4.79 Å². The molecule has 0 fully saturated rings. The first-order valence-corrected chi connectivity index (χ1v) is 5.59. The molecule has 2 rings (SSSR count). The highest BCUT2D eigenvalue weighted by Gasteiger charge is 2.09. The smallest absolute Gasteiger partial charge is 0.336 e. The summed E-state index contributed by atoms with van der Waals surface area (Å²) in [4.78, 5) is 15.2. The lowest BCUT2D eigenvalue weighted by Gasteiger charge is -2.06. The van der Waals surface area contributed by atoms with E-state index in [4.69, 9.17) is 14.9 Å². The lowest BCUT2D eigenvalue weighted by molar-refractivity contribution is 0.0699. The van der Waals surface area contributed by atoms with Gasteiger partial charge < -0.3 is 14.9 Å². The molecule has 1 aromatic heterocycles. The van der Waals surface area contributed by atoms with Gasteiger partial charge in [0.25, 0.3) is 0 Å². The summed E-state index contributed by atoms with van der Waals surface area (Å²) in [7, 11) is 0. The standard InChI is InChI=1S/C13H13NO4/c15-7-2-8-18-12-6-5-9-10(13(16)17)3-1-4-11(9)14-12/h1,3-6,15H,2,7-8H2,(H,16,17). The Morgan fingerprint density at radius 3 is 2.83 bits per heavy atom. The minimum Gasteiger partial charge on any atom is -0.478 e. The van der Waals surface area contributed by atoms with Crippen molar-refractivity contribution in [1.82, 2.24) is 4.98 Å². The highest BCUT2D eigenvalue weighted by Crippen LogP contribution is 2.20. The highest BCUT2D eigenvalue weighted by molar-refractivity contribution is 6.02. The van der Waals surface area contributed by atoms with Crippen LogP contribution in [0.3, 0.4) is 0 Å². The fourth-order valence-electron chi connectivity index (χ4n) is 1.64. The van der Waals surface area contributed by atoms with Crippen LogP contribution in [0.4, 0.5) is 0 Å². The van der Waals surface area contributed by atoms with E-state index in [-0.39, 0.29) is 12.2 Å². The van der Waals surface area contributed by atoms with E-state index in [0.717, 1.165) is 0 Å². The molecule has 1 aromatic carbocycles. The number of aliphatic hydroxyl groups is 1. The fraction of sp³-hybridized carbons (Fsp3) is 0.231. The first-order chi connectivity index (χ1) is 8.72. The molecule has 0 atom stereocenters. The number of aromatic nitrogens is 1. The van der Waals surface area contributed by atoms with Crippen LogP contribution >= 0.6 is 0 Å². The molecule has 0 amide bonds. The molecule has 1 heterocycles. The second kappa shape index (κ2) is 5.46. The number of aliphatic hydroxyl groups excluding tert-OH is 1. The number of aromatic carboxylic acids is 1. The number of nitrogens with zero attached hydrogens (tertiary/aromatic N) is 1. The van der Waals surface area contributed by atoms with Crippen LogP contribution in [0, 0.1) is 0 Å². The third-order valence-electron chi connectivity index (χ3n) is 2.49. The van der Waals surface area contributed by atoms with Crippen molar-refractivity contribution in [1.29, 1.82) is 0 Å². The SMILES string of the molecule is O=C(O)c1cccc2nc(OCCCO)ccc12. The quantitative estimate of drug-likeness (QED) is 0.786. The number of carboxylic acid groups (broad SMARTS) is 1. The lowest BCUT2D eigenvalue weighted by Crippen LogP contribution is -2.02. The Labute approximate surface area is 104 Å². The average molecular weight is 247 g/mol. The van der Waals surface area contributed by atoms with Gasteiger partial charge in [-0.15, -0.1) is 0 Å². The third kappa shape index (κ3) is 2.57. The second-order valence-corrected chi connectivity index (χ2v) is 3.75. The number of fused-ring (bicyclic) bond motifs is 1. The van der Waals surface area contributed by atoms with E-state index in [1.54, 1.807) is 30.3 Å². The van der Waals surface area contributed by atoms with Crippen molar-refractivity contribution in [2.75, 3.05) is 13.2 Å². The van der Waals surface area contributed by atoms with Crippen molar-refractivity contribution in [3.05, 3.63) is 35.9 Å². The zero-order valence-electron chi connectivity index (χ0n) is 9.67. The topological polar surface area (TPSA) is 79.7 Å². The molecule has 0 bridgehead atoms. The Bertz CT molecular complexity index is 568. The van der Waals surface area contributed by atoms with Gasteiger partial charge in [0.15, 0.2) is 0 Å². The van der Waals surface area contributed by atoms with Crippen LogP contribution in [0.1, 0.15) is 16.8 Å². The van der Waals surface area contributed by atoms with Crippen LogP contribution in [-0.2, 0) is 0 Å². The molecule has 18 heavy (non-hydrogen) atoms. The summed E-state index contributed by atoms with van der Waals surface area (Å²) in [5.74, 6) is -0.546. The van der Waals surface area contributed by atoms with Gasteiger partial charge in [-0.3, -0.25) is 0 Å². The molecule has 5 nitrogen and oxygen atoms in total. The summed E-state index contributed by atoms with van der Waals surface area (Å²) in [6, 6.07) is 8.24. The molecule has 0 aliphatic carbocycles. The van der Waals surface area contributed by atoms with Crippen molar-refractivity contribution in [3.63, 3.8) is 0 Å². The van der Waals surface area contributed by atoms with Crippen LogP contribution in [0.15, 0.2) is 30.3 Å². The highest BCUT2D eigenvalue weighted by atomic mass is 16.5. The lowest BCUT2D eigenvalue weighted by atomic mass is 10.1. The maximum atomic E-state index is 11.0. The third-order valence-corrected chi connectivity index (χ3v) is 2.49. The van der Waals surface area contributed by atoms with Crippen molar-refractivity contribution in [2.45, 2.75) is 6.42 Å². The molecule has 5 heteroatoms. The number of carboxylic acids is 1. The minimum absolute atomic E-state index is 0.0662. The maximum absolute atomic E-state index is 11.0. The molecule has 0 saturated carbocycles. The number of pyridine rings is 1. The molecule has 0 aliphatic heterocycles. The zero-order chi connectivity index (χ0) is 13.0. The Hall–Kier alpha value is -2.14. The van der Waals surface area contributed by atoms with Gasteiger partial charge in [0.1, 0.15) is 0 Å². The van der Waals surface area contributed by atoms with E-state index in [1.165, 1.54) is 0 Å². The Morgan fingerprint density at radius 2 is 2.11 bits per heavy atom. The van der Waals surface area contributed by atoms with Crippen molar-refractivity contribution >= 4 is 16.9 Å². The van der Waals surface area contributed by atoms with E-state index in [1.807, 2.05) is 0 Å². The van der Waals surface area contributed by atoms with E-state index in [2.05, 4.69) is 4.98 Å². The number of hydrogen-bond donors (Lipinski definition) is 2. The van der Waals surface area contributed by atoms with Crippen molar-refractivity contribution < 1.29 is 19.7 Å². The number of carbonyl (C=O) groups is 1. The monoisotopic (exact) mass is 247 g/mol. The molecule has 2 aromatic rings. The first-order valence-electron chi connectivity index (χ1n) is 5.59. The number of benzene rings is 1. The molecule has 0 spiro atoms. The van der Waals surface area contributed by atoms with E-state index in [0.29, 0.717) is 29.8 Å². The summed E-state index contributed by atoms with van der Waals surface area (Å²) >= 11 is 0. The van der Waals surface area contributed by atoms with Gasteiger partial charge in [-0.2, -0.15) is 0 Å². The van der Waals surface area contributed by atoms with Crippen molar-refractivity contribution in [3.8, 4) is 5.88 Å². The summed E-state index contributed by atoms with van der Waals surface area (Å²) < 4.78 is 5.34. The molecule has 0 unspecified atom stereocenters. The van der Waals surface area contributed by atoms with Gasteiger partial charge in [0.2, 0.25) is 5.88 Å². The predicted molar refractivity (Wildman–Crippen MR) is 65.9 cm³/mol. The largest absolute Gasteiger partial charge is 0.478 e. The molecule has 0 aliphatic rings. The van der Waals surface area contributed by atoms with Gasteiger partial charge >= 0.3 is 5.97 Å². The van der Waals surface area contributed by atoms with Gasteiger partial charge in [-0.25, -0.2) is 9.78 Å². The van der Waals surface area contributed by atoms with Gasteiger partial charge in [-0.05, 0) is 18.2 Å². The van der Waals surface area contributed by atoms with Gasteiger partial charge in [0, 0.05) is 24.5 Å². The van der Waals surface area contributed by atoms with Gasteiger partial charge in [-0.1, -0.05) is 6.07 Å². The van der Waals surface area contributed by atoms with Crippen LogP contribution in [-0.4, -0.2) is 34.4 Å². The van der Waals surface area contributed by atoms with Crippen molar-refractivity contribution in [2.24, 2.45) is 0 Å².